The number of nitrogens with zero attached hydrogens (tertiary/aromatic N) is 1. The number of carbonyl (C=O) groups is 2. The zero-order valence-corrected chi connectivity index (χ0v) is 24.9. The van der Waals surface area contributed by atoms with Gasteiger partial charge in [0.05, 0.1) is 34.8 Å². The highest BCUT2D eigenvalue weighted by Gasteiger charge is 2.40. The number of benzene rings is 5. The molecule has 218 valence electrons. The van der Waals surface area contributed by atoms with Crippen LogP contribution in [0.3, 0.4) is 0 Å². The van der Waals surface area contributed by atoms with Crippen molar-refractivity contribution in [3.8, 4) is 0 Å². The second-order valence-corrected chi connectivity index (χ2v) is 11.6. The van der Waals surface area contributed by atoms with Crippen LogP contribution in [0.1, 0.15) is 30.9 Å². The lowest BCUT2D eigenvalue weighted by Crippen LogP contribution is -2.42. The molecule has 7 rings (SSSR count). The standard InChI is InChI=1S/C36H28N2O5S/c1-3-42-35(40)30-29(25-18-16-23-14-13-21-11-8-12-22-15-17-24(25)28(23)27(21)22)31(36(41)43-4-2)34-38(32(30)37)33(39)26(44-34)19-20-9-6-5-7-10-20/h5-19,29H,3-4,37H2,1-2H3/b26-19-. The van der Waals surface area contributed by atoms with Gasteiger partial charge in [0, 0.05) is 0 Å². The van der Waals surface area contributed by atoms with Crippen LogP contribution >= 0.6 is 11.3 Å². The Labute approximate surface area is 256 Å². The topological polar surface area (TPSA) is 101 Å². The maximum absolute atomic E-state index is 13.9. The fourth-order valence-electron chi connectivity index (χ4n) is 6.28. The molecule has 5 aromatic carbocycles. The van der Waals surface area contributed by atoms with Gasteiger partial charge in [0.25, 0.3) is 5.56 Å². The van der Waals surface area contributed by atoms with E-state index in [1.807, 2.05) is 60.7 Å². The van der Waals surface area contributed by atoms with Crippen LogP contribution in [0.15, 0.2) is 95.3 Å². The molecule has 8 heteroatoms. The molecule has 1 aliphatic heterocycles. The molecule has 2 heterocycles. The summed E-state index contributed by atoms with van der Waals surface area (Å²) in [5.41, 5.74) is 8.05. The van der Waals surface area contributed by atoms with Gasteiger partial charge in [-0.25, -0.2) is 9.59 Å². The van der Waals surface area contributed by atoms with Gasteiger partial charge in [-0.3, -0.25) is 9.36 Å². The van der Waals surface area contributed by atoms with Crippen molar-refractivity contribution < 1.29 is 19.1 Å². The monoisotopic (exact) mass is 600 g/mol. The number of hydrogen-bond donors (Lipinski definition) is 1. The van der Waals surface area contributed by atoms with E-state index in [9.17, 15) is 14.4 Å². The molecule has 0 radical (unpaired) electrons. The average Bonchev–Trinajstić information content (AvgIpc) is 3.35. The van der Waals surface area contributed by atoms with Crippen LogP contribution in [-0.2, 0) is 19.1 Å². The average molecular weight is 601 g/mol. The molecular weight excluding hydrogens is 572 g/mol. The lowest BCUT2D eigenvalue weighted by atomic mass is 9.79. The van der Waals surface area contributed by atoms with E-state index in [2.05, 4.69) is 24.3 Å². The molecular formula is C36H28N2O5S. The molecule has 6 aromatic rings. The molecule has 0 amide bonds. The van der Waals surface area contributed by atoms with Gasteiger partial charge in [-0.15, -0.1) is 11.3 Å². The Morgan fingerprint density at radius 2 is 1.41 bits per heavy atom. The molecule has 1 aromatic heterocycles. The quantitative estimate of drug-likeness (QED) is 0.217. The highest BCUT2D eigenvalue weighted by molar-refractivity contribution is 7.07. The first-order valence-electron chi connectivity index (χ1n) is 14.5. The van der Waals surface area contributed by atoms with Crippen LogP contribution in [0.4, 0.5) is 0 Å². The summed E-state index contributed by atoms with van der Waals surface area (Å²) in [5, 5.41) is 6.20. The summed E-state index contributed by atoms with van der Waals surface area (Å²) < 4.78 is 13.1. The van der Waals surface area contributed by atoms with Crippen molar-refractivity contribution in [3.05, 3.63) is 121 Å². The fourth-order valence-corrected chi connectivity index (χ4v) is 7.45. The largest absolute Gasteiger partial charge is 0.463 e. The van der Waals surface area contributed by atoms with Gasteiger partial charge >= 0.3 is 11.9 Å². The van der Waals surface area contributed by atoms with Gasteiger partial charge in [0.2, 0.25) is 0 Å². The smallest absolute Gasteiger partial charge is 0.338 e. The number of fused-ring (bicyclic) bond motifs is 1. The molecule has 2 N–H and O–H groups in total. The van der Waals surface area contributed by atoms with Gasteiger partial charge in [-0.1, -0.05) is 84.9 Å². The maximum atomic E-state index is 13.9. The van der Waals surface area contributed by atoms with Crippen LogP contribution in [-0.4, -0.2) is 29.7 Å². The highest BCUT2D eigenvalue weighted by atomic mass is 32.1. The van der Waals surface area contributed by atoms with Crippen molar-refractivity contribution >= 4 is 73.1 Å². The molecule has 1 aliphatic rings. The summed E-state index contributed by atoms with van der Waals surface area (Å²) in [5.74, 6) is -2.32. The van der Waals surface area contributed by atoms with Gasteiger partial charge in [0.15, 0.2) is 0 Å². The summed E-state index contributed by atoms with van der Waals surface area (Å²) >= 11 is 1.15. The van der Waals surface area contributed by atoms with E-state index >= 15 is 0 Å². The minimum absolute atomic E-state index is 0.0311. The summed E-state index contributed by atoms with van der Waals surface area (Å²) in [7, 11) is 0. The van der Waals surface area contributed by atoms with Crippen LogP contribution in [0.2, 0.25) is 0 Å². The zero-order chi connectivity index (χ0) is 30.5. The normalized spacial score (nSPS) is 15.4. The van der Waals surface area contributed by atoms with Gasteiger partial charge in [-0.2, -0.15) is 0 Å². The van der Waals surface area contributed by atoms with Crippen molar-refractivity contribution in [1.29, 1.82) is 0 Å². The Hall–Kier alpha value is -5.21. The van der Waals surface area contributed by atoms with E-state index in [-0.39, 0.29) is 30.2 Å². The highest BCUT2D eigenvalue weighted by Crippen LogP contribution is 2.44. The summed E-state index contributed by atoms with van der Waals surface area (Å²) in [4.78, 5) is 41.6. The Bertz CT molecular complexity index is 2320. The third-order valence-corrected chi connectivity index (χ3v) is 9.22. The number of aromatic nitrogens is 1. The van der Waals surface area contributed by atoms with Crippen LogP contribution in [0, 0.1) is 0 Å². The van der Waals surface area contributed by atoms with Crippen molar-refractivity contribution in [2.45, 2.75) is 19.8 Å². The Balaban J connectivity index is 1.62. The number of ether oxygens (including phenoxy) is 2. The number of esters is 2. The van der Waals surface area contributed by atoms with E-state index < -0.39 is 23.4 Å². The van der Waals surface area contributed by atoms with E-state index in [1.165, 1.54) is 4.57 Å². The first kappa shape index (κ1) is 27.6. The number of hydrogen-bond acceptors (Lipinski definition) is 7. The molecule has 44 heavy (non-hydrogen) atoms. The predicted octanol–water partition coefficient (Wildman–Crippen LogP) is 4.84. The lowest BCUT2D eigenvalue weighted by Gasteiger charge is -2.28. The number of nitrogens with two attached hydrogens (primary N) is 1. The molecule has 1 unspecified atom stereocenters. The Morgan fingerprint density at radius 1 is 0.795 bits per heavy atom. The van der Waals surface area contributed by atoms with E-state index in [0.717, 1.165) is 49.2 Å². The Morgan fingerprint density at radius 3 is 2.09 bits per heavy atom. The molecule has 7 nitrogen and oxygen atoms in total. The van der Waals surface area contributed by atoms with E-state index in [0.29, 0.717) is 14.8 Å². The first-order valence-corrected chi connectivity index (χ1v) is 15.3. The van der Waals surface area contributed by atoms with Crippen molar-refractivity contribution in [1.82, 2.24) is 4.57 Å². The van der Waals surface area contributed by atoms with Crippen molar-refractivity contribution in [2.24, 2.45) is 5.73 Å². The van der Waals surface area contributed by atoms with Gasteiger partial charge in [-0.05, 0) is 63.4 Å². The van der Waals surface area contributed by atoms with E-state index in [1.54, 1.807) is 19.9 Å². The molecule has 0 spiro atoms. The second-order valence-electron chi connectivity index (χ2n) is 10.6. The zero-order valence-electron chi connectivity index (χ0n) is 24.1. The third kappa shape index (κ3) is 4.21. The predicted molar refractivity (Wildman–Crippen MR) is 175 cm³/mol. The van der Waals surface area contributed by atoms with Gasteiger partial charge < -0.3 is 15.2 Å². The SMILES string of the molecule is CCOC(=O)C1=C(N)n2c(s/c(=C\c3ccccc3)c2=O)=C(C(=O)OCC)C1c1ccc2ccc3cccc4ccc1c2c34. The second kappa shape index (κ2) is 10.8. The van der Waals surface area contributed by atoms with Crippen LogP contribution in [0.5, 0.6) is 0 Å². The minimum Gasteiger partial charge on any atom is -0.463 e. The maximum Gasteiger partial charge on any atom is 0.338 e. The minimum atomic E-state index is -0.944. The van der Waals surface area contributed by atoms with Crippen LogP contribution in [0.25, 0.3) is 49.8 Å². The fraction of sp³-hybridized carbons (Fsp3) is 0.139. The van der Waals surface area contributed by atoms with Gasteiger partial charge in [0.1, 0.15) is 10.5 Å². The Kier molecular flexibility index (Phi) is 6.78. The molecule has 0 bridgehead atoms. The van der Waals surface area contributed by atoms with Crippen molar-refractivity contribution in [3.63, 3.8) is 0 Å². The summed E-state index contributed by atoms with van der Waals surface area (Å²) in [6.07, 6.45) is 1.75. The third-order valence-electron chi connectivity index (χ3n) is 8.11. The number of thiazole rings is 1. The molecule has 1 atom stereocenters. The van der Waals surface area contributed by atoms with Crippen LogP contribution < -0.4 is 20.5 Å². The number of carbonyl (C=O) groups excluding carboxylic acids is 2. The number of rotatable bonds is 6. The first-order chi connectivity index (χ1) is 21.4. The lowest BCUT2D eigenvalue weighted by molar-refractivity contribution is -0.138. The molecule has 0 fully saturated rings. The molecule has 0 aliphatic carbocycles. The summed E-state index contributed by atoms with van der Waals surface area (Å²) in [6, 6.07) is 27.7. The molecule has 0 saturated heterocycles. The van der Waals surface area contributed by atoms with Crippen molar-refractivity contribution in [2.75, 3.05) is 13.2 Å². The van der Waals surface area contributed by atoms with E-state index in [4.69, 9.17) is 15.2 Å². The molecule has 0 saturated carbocycles. The summed E-state index contributed by atoms with van der Waals surface area (Å²) in [6.45, 7) is 3.63.